The van der Waals surface area contributed by atoms with Gasteiger partial charge in [0.25, 0.3) is 0 Å². The van der Waals surface area contributed by atoms with E-state index >= 15 is 0 Å². The Kier molecular flexibility index (Phi) is 2.84. The molecular formula is C14H16O2. The Labute approximate surface area is 95.4 Å². The van der Waals surface area contributed by atoms with Gasteiger partial charge in [0.2, 0.25) is 0 Å². The van der Waals surface area contributed by atoms with E-state index in [-0.39, 0.29) is 0 Å². The molecule has 2 heteroatoms. The first-order chi connectivity index (χ1) is 7.65. The van der Waals surface area contributed by atoms with Gasteiger partial charge in [0.05, 0.1) is 0 Å². The number of hydrogen-bond donors (Lipinski definition) is 1. The first-order valence-electron chi connectivity index (χ1n) is 5.48. The summed E-state index contributed by atoms with van der Waals surface area (Å²) in [6.07, 6.45) is 0. The van der Waals surface area contributed by atoms with Gasteiger partial charge in [0.1, 0.15) is 0 Å². The van der Waals surface area contributed by atoms with Gasteiger partial charge in [-0.1, -0.05) is 38.1 Å². The fourth-order valence-corrected chi connectivity index (χ4v) is 2.29. The maximum atomic E-state index is 8.88. The molecule has 0 atom stereocenters. The summed E-state index contributed by atoms with van der Waals surface area (Å²) in [5.74, 6) is 0.947. The van der Waals surface area contributed by atoms with E-state index in [4.69, 9.17) is 5.26 Å². The highest BCUT2D eigenvalue weighted by Gasteiger charge is 2.13. The Hall–Kier alpha value is -1.54. The summed E-state index contributed by atoms with van der Waals surface area (Å²) >= 11 is 0. The van der Waals surface area contributed by atoms with Crippen LogP contribution in [0.25, 0.3) is 10.8 Å². The summed E-state index contributed by atoms with van der Waals surface area (Å²) in [5, 5.41) is 11.2. The van der Waals surface area contributed by atoms with E-state index in [1.165, 1.54) is 10.9 Å². The highest BCUT2D eigenvalue weighted by molar-refractivity contribution is 5.89. The Morgan fingerprint density at radius 1 is 1.19 bits per heavy atom. The molecule has 0 saturated carbocycles. The van der Waals surface area contributed by atoms with Crippen molar-refractivity contribution in [2.24, 2.45) is 0 Å². The molecule has 0 aromatic heterocycles. The molecule has 2 aromatic rings. The molecule has 0 unspecified atom stereocenters. The molecule has 0 spiro atoms. The monoisotopic (exact) mass is 216 g/mol. The maximum absolute atomic E-state index is 8.88. The zero-order chi connectivity index (χ0) is 11.7. The SMILES string of the molecule is Cc1c(OO)cc2ccccc2c1C(C)C. The van der Waals surface area contributed by atoms with Crippen LogP contribution in [0.1, 0.15) is 30.9 Å². The largest absolute Gasteiger partial charge is 0.340 e. The molecule has 0 aliphatic heterocycles. The third-order valence-corrected chi connectivity index (χ3v) is 2.99. The van der Waals surface area contributed by atoms with E-state index in [1.807, 2.05) is 31.2 Å². The lowest BCUT2D eigenvalue weighted by Gasteiger charge is -2.15. The molecule has 0 aliphatic carbocycles. The van der Waals surface area contributed by atoms with Gasteiger partial charge < -0.3 is 4.89 Å². The third kappa shape index (κ3) is 1.65. The van der Waals surface area contributed by atoms with E-state index in [0.717, 1.165) is 10.9 Å². The molecule has 0 radical (unpaired) electrons. The molecule has 2 nitrogen and oxygen atoms in total. The minimum atomic E-state index is 0.403. The van der Waals surface area contributed by atoms with Crippen LogP contribution in [0, 0.1) is 6.92 Å². The summed E-state index contributed by atoms with van der Waals surface area (Å²) < 4.78 is 0. The summed E-state index contributed by atoms with van der Waals surface area (Å²) in [6, 6.07) is 10.0. The Balaban J connectivity index is 2.85. The maximum Gasteiger partial charge on any atom is 0.168 e. The second-order valence-corrected chi connectivity index (χ2v) is 4.38. The van der Waals surface area contributed by atoms with Gasteiger partial charge in [-0.05, 0) is 40.8 Å². The van der Waals surface area contributed by atoms with Crippen molar-refractivity contribution >= 4 is 10.8 Å². The van der Waals surface area contributed by atoms with Crippen LogP contribution in [-0.4, -0.2) is 5.26 Å². The molecule has 0 saturated heterocycles. The molecule has 84 valence electrons. The molecule has 16 heavy (non-hydrogen) atoms. The molecule has 0 aliphatic rings. The Bertz CT molecular complexity index is 515. The molecular weight excluding hydrogens is 200 g/mol. The number of hydrogen-bond acceptors (Lipinski definition) is 2. The molecule has 0 bridgehead atoms. The normalized spacial score (nSPS) is 11.1. The minimum absolute atomic E-state index is 0.403. The van der Waals surface area contributed by atoms with Gasteiger partial charge in [0.15, 0.2) is 5.75 Å². The van der Waals surface area contributed by atoms with Crippen molar-refractivity contribution in [3.8, 4) is 5.75 Å². The molecule has 0 heterocycles. The Morgan fingerprint density at radius 2 is 1.88 bits per heavy atom. The minimum Gasteiger partial charge on any atom is -0.340 e. The van der Waals surface area contributed by atoms with Gasteiger partial charge in [-0.25, -0.2) is 5.26 Å². The van der Waals surface area contributed by atoms with E-state index < -0.39 is 0 Å². The van der Waals surface area contributed by atoms with E-state index in [0.29, 0.717) is 11.7 Å². The van der Waals surface area contributed by atoms with Crippen LogP contribution in [0.5, 0.6) is 5.75 Å². The lowest BCUT2D eigenvalue weighted by Crippen LogP contribution is -1.98. The molecule has 1 N–H and O–H groups in total. The Morgan fingerprint density at radius 3 is 2.50 bits per heavy atom. The zero-order valence-corrected chi connectivity index (χ0v) is 9.82. The number of fused-ring (bicyclic) bond motifs is 1. The average molecular weight is 216 g/mol. The zero-order valence-electron chi connectivity index (χ0n) is 9.82. The average Bonchev–Trinajstić information content (AvgIpc) is 2.27. The van der Waals surface area contributed by atoms with Crippen LogP contribution in [0.15, 0.2) is 30.3 Å². The molecule has 2 rings (SSSR count). The smallest absolute Gasteiger partial charge is 0.168 e. The van der Waals surface area contributed by atoms with E-state index in [9.17, 15) is 0 Å². The third-order valence-electron chi connectivity index (χ3n) is 2.99. The van der Waals surface area contributed by atoms with Crippen LogP contribution in [0.4, 0.5) is 0 Å². The predicted octanol–water partition coefficient (Wildman–Crippen LogP) is 4.12. The highest BCUT2D eigenvalue weighted by atomic mass is 17.1. The fourth-order valence-electron chi connectivity index (χ4n) is 2.29. The van der Waals surface area contributed by atoms with Crippen molar-refractivity contribution in [3.63, 3.8) is 0 Å². The van der Waals surface area contributed by atoms with Gasteiger partial charge in [-0.3, -0.25) is 0 Å². The van der Waals surface area contributed by atoms with Crippen molar-refractivity contribution in [1.29, 1.82) is 0 Å². The second kappa shape index (κ2) is 4.14. The standard InChI is InChI=1S/C14H16O2/c1-9(2)14-10(3)13(16-15)8-11-6-4-5-7-12(11)14/h4-9,15H,1-3H3. The van der Waals surface area contributed by atoms with Crippen molar-refractivity contribution in [3.05, 3.63) is 41.5 Å². The van der Waals surface area contributed by atoms with Gasteiger partial charge >= 0.3 is 0 Å². The second-order valence-electron chi connectivity index (χ2n) is 4.38. The van der Waals surface area contributed by atoms with Crippen LogP contribution >= 0.6 is 0 Å². The van der Waals surface area contributed by atoms with Crippen molar-refractivity contribution in [2.45, 2.75) is 26.7 Å². The quantitative estimate of drug-likeness (QED) is 0.604. The van der Waals surface area contributed by atoms with Gasteiger partial charge in [0, 0.05) is 0 Å². The molecule has 2 aromatic carbocycles. The lowest BCUT2D eigenvalue weighted by molar-refractivity contribution is -0.138. The first-order valence-corrected chi connectivity index (χ1v) is 5.48. The molecule has 0 fully saturated rings. The van der Waals surface area contributed by atoms with Crippen LogP contribution in [0.2, 0.25) is 0 Å². The van der Waals surface area contributed by atoms with Crippen molar-refractivity contribution in [1.82, 2.24) is 0 Å². The van der Waals surface area contributed by atoms with Crippen LogP contribution in [-0.2, 0) is 0 Å². The summed E-state index contributed by atoms with van der Waals surface area (Å²) in [5.41, 5.74) is 2.25. The van der Waals surface area contributed by atoms with E-state index in [1.54, 1.807) is 0 Å². The summed E-state index contributed by atoms with van der Waals surface area (Å²) in [6.45, 7) is 6.28. The van der Waals surface area contributed by atoms with Crippen molar-refractivity contribution < 1.29 is 10.1 Å². The van der Waals surface area contributed by atoms with Gasteiger partial charge in [-0.15, -0.1) is 0 Å². The van der Waals surface area contributed by atoms with Crippen molar-refractivity contribution in [2.75, 3.05) is 0 Å². The van der Waals surface area contributed by atoms with Crippen LogP contribution in [0.3, 0.4) is 0 Å². The van der Waals surface area contributed by atoms with Gasteiger partial charge in [-0.2, -0.15) is 0 Å². The number of benzene rings is 2. The predicted molar refractivity (Wildman–Crippen MR) is 66.0 cm³/mol. The fraction of sp³-hybridized carbons (Fsp3) is 0.286. The van der Waals surface area contributed by atoms with E-state index in [2.05, 4.69) is 24.8 Å². The lowest BCUT2D eigenvalue weighted by atomic mass is 9.91. The highest BCUT2D eigenvalue weighted by Crippen LogP contribution is 2.34. The summed E-state index contributed by atoms with van der Waals surface area (Å²) in [7, 11) is 0. The first kappa shape index (κ1) is 11.0. The molecule has 0 amide bonds. The number of rotatable bonds is 2. The van der Waals surface area contributed by atoms with Crippen LogP contribution < -0.4 is 4.89 Å². The summed E-state index contributed by atoms with van der Waals surface area (Å²) in [4.78, 5) is 4.44. The topological polar surface area (TPSA) is 29.5 Å².